The molecule has 3 saturated heterocycles. The number of aliphatic hydroxyl groups is 1. The quantitative estimate of drug-likeness (QED) is 0.472. The number of halogens is 1. The van der Waals surface area contributed by atoms with Crippen LogP contribution in [0.25, 0.3) is 0 Å². The second kappa shape index (κ2) is 8.99. The Morgan fingerprint density at radius 3 is 2.56 bits per heavy atom. The molecule has 1 aromatic carbocycles. The van der Waals surface area contributed by atoms with Crippen LogP contribution in [0.5, 0.6) is 0 Å². The summed E-state index contributed by atoms with van der Waals surface area (Å²) >= 11 is 5.34. The maximum atomic E-state index is 13.7. The van der Waals surface area contributed by atoms with E-state index < -0.39 is 28.7 Å². The lowest BCUT2D eigenvalue weighted by Crippen LogP contribution is -2.57. The summed E-state index contributed by atoms with van der Waals surface area (Å²) in [6.07, 6.45) is 0.631. The monoisotopic (exact) mass is 523 g/mol. The third kappa shape index (κ3) is 3.76. The van der Waals surface area contributed by atoms with Crippen LogP contribution in [0.15, 0.2) is 30.3 Å². The number of aliphatic hydroxyl groups excluding tert-OH is 1. The van der Waals surface area contributed by atoms with Crippen molar-refractivity contribution >= 4 is 45.4 Å². The molecule has 1 spiro atoms. The fourth-order valence-electron chi connectivity index (χ4n) is 5.50. The molecule has 3 unspecified atom stereocenters. The molecule has 1 aromatic rings. The average Bonchev–Trinajstić information content (AvgIpc) is 3.35. The predicted octanol–water partition coefficient (Wildman–Crippen LogP) is 1.67. The highest BCUT2D eigenvalue weighted by Crippen LogP contribution is 2.67. The third-order valence-electron chi connectivity index (χ3n) is 6.76. The molecule has 4 rings (SSSR count). The number of fused-ring (bicyclic) bond motifs is 1. The Balaban J connectivity index is 1.66. The van der Waals surface area contributed by atoms with E-state index in [0.717, 1.165) is 5.56 Å². The molecule has 32 heavy (non-hydrogen) atoms. The molecule has 3 N–H and O–H groups in total. The van der Waals surface area contributed by atoms with Gasteiger partial charge >= 0.3 is 0 Å². The zero-order valence-corrected chi connectivity index (χ0v) is 20.9. The molecule has 7 nitrogen and oxygen atoms in total. The first-order valence-corrected chi connectivity index (χ1v) is 12.9. The van der Waals surface area contributed by atoms with E-state index in [-0.39, 0.29) is 40.4 Å². The summed E-state index contributed by atoms with van der Waals surface area (Å²) in [6, 6.07) is 8.36. The van der Waals surface area contributed by atoms with Crippen LogP contribution < -0.4 is 10.6 Å². The Labute approximate surface area is 201 Å². The second-order valence-electron chi connectivity index (χ2n) is 9.31. The minimum Gasteiger partial charge on any atom is -0.394 e. The van der Waals surface area contributed by atoms with Gasteiger partial charge in [0.2, 0.25) is 17.7 Å². The van der Waals surface area contributed by atoms with Crippen LogP contribution in [0.1, 0.15) is 32.8 Å². The van der Waals surface area contributed by atoms with Crippen LogP contribution in [-0.4, -0.2) is 67.3 Å². The Hall–Kier alpha value is -1.58. The van der Waals surface area contributed by atoms with Gasteiger partial charge in [-0.25, -0.2) is 0 Å². The first-order chi connectivity index (χ1) is 15.2. The highest BCUT2D eigenvalue weighted by atomic mass is 79.9. The van der Waals surface area contributed by atoms with Gasteiger partial charge in [-0.05, 0) is 32.8 Å². The zero-order chi connectivity index (χ0) is 23.2. The van der Waals surface area contributed by atoms with Crippen LogP contribution >= 0.6 is 27.7 Å². The first-order valence-electron chi connectivity index (χ1n) is 11.1. The van der Waals surface area contributed by atoms with Crippen molar-refractivity contribution in [2.45, 2.75) is 66.7 Å². The van der Waals surface area contributed by atoms with Gasteiger partial charge in [0, 0.05) is 22.7 Å². The van der Waals surface area contributed by atoms with Crippen LogP contribution in [0.2, 0.25) is 0 Å². The van der Waals surface area contributed by atoms with Gasteiger partial charge in [0.25, 0.3) is 0 Å². The lowest BCUT2D eigenvalue weighted by molar-refractivity contribution is -0.142. The van der Waals surface area contributed by atoms with E-state index in [4.69, 9.17) is 0 Å². The normalized spacial score (nSPS) is 34.0. The van der Waals surface area contributed by atoms with Crippen LogP contribution in [0.3, 0.4) is 0 Å². The number of amides is 3. The maximum absolute atomic E-state index is 13.7. The standard InChI is InChI=1S/C23H30BrN3O4S/c1-12(2)26-21(30)19-23-9-15(24)18(32-23)16(17(23)22(31)27(19)13(3)11-28)20(29)25-10-14-7-5-4-6-8-14/h4-8,12-13,15-19,28H,9-11H2,1-3H3,(H,25,29)(H,26,30)/t13-,15?,16+,17+,18+,19?,23?/m1/s1. The number of thioether (sulfide) groups is 1. The van der Waals surface area contributed by atoms with Crippen molar-refractivity contribution in [3.8, 4) is 0 Å². The van der Waals surface area contributed by atoms with E-state index in [1.54, 1.807) is 18.7 Å². The molecule has 7 atom stereocenters. The molecule has 3 amide bonds. The van der Waals surface area contributed by atoms with Gasteiger partial charge in [-0.3, -0.25) is 14.4 Å². The van der Waals surface area contributed by atoms with Crippen molar-refractivity contribution in [1.82, 2.24) is 15.5 Å². The van der Waals surface area contributed by atoms with Gasteiger partial charge in [0.05, 0.1) is 29.2 Å². The number of nitrogens with one attached hydrogen (secondary N) is 2. The third-order valence-corrected chi connectivity index (χ3v) is 9.98. The van der Waals surface area contributed by atoms with Gasteiger partial charge in [0.15, 0.2) is 0 Å². The predicted molar refractivity (Wildman–Crippen MR) is 127 cm³/mol. The molecular formula is C23H30BrN3O4S. The van der Waals surface area contributed by atoms with E-state index in [1.807, 2.05) is 44.2 Å². The van der Waals surface area contributed by atoms with Crippen molar-refractivity contribution < 1.29 is 19.5 Å². The Morgan fingerprint density at radius 1 is 1.25 bits per heavy atom. The number of benzene rings is 1. The summed E-state index contributed by atoms with van der Waals surface area (Å²) in [4.78, 5) is 42.0. The molecule has 3 fully saturated rings. The SMILES string of the molecule is CC(C)NC(=O)C1N([C@H](C)CO)C(=O)[C@@H]2[C@H](C(=O)NCc3ccccc3)[C@H]3SC12CC3Br. The lowest BCUT2D eigenvalue weighted by atomic mass is 9.70. The smallest absolute Gasteiger partial charge is 0.244 e. The van der Waals surface area contributed by atoms with Gasteiger partial charge in [-0.15, -0.1) is 11.8 Å². The van der Waals surface area contributed by atoms with E-state index in [2.05, 4.69) is 26.6 Å². The Morgan fingerprint density at radius 2 is 1.94 bits per heavy atom. The van der Waals surface area contributed by atoms with Gasteiger partial charge in [-0.2, -0.15) is 0 Å². The first kappa shape index (κ1) is 23.6. The molecule has 3 heterocycles. The fraction of sp³-hybridized carbons (Fsp3) is 0.609. The van der Waals surface area contributed by atoms with E-state index in [9.17, 15) is 19.5 Å². The van der Waals surface area contributed by atoms with Crippen molar-refractivity contribution in [3.63, 3.8) is 0 Å². The number of rotatable bonds is 7. The van der Waals surface area contributed by atoms with Crippen LogP contribution in [0, 0.1) is 11.8 Å². The minimum atomic E-state index is -0.716. The summed E-state index contributed by atoms with van der Waals surface area (Å²) < 4.78 is -0.687. The average molecular weight is 524 g/mol. The van der Waals surface area contributed by atoms with Gasteiger partial charge in [0.1, 0.15) is 6.04 Å². The molecule has 3 aliphatic heterocycles. The number of carbonyl (C=O) groups is 3. The van der Waals surface area contributed by atoms with Gasteiger partial charge in [-0.1, -0.05) is 46.3 Å². The summed E-state index contributed by atoms with van der Waals surface area (Å²) in [7, 11) is 0. The summed E-state index contributed by atoms with van der Waals surface area (Å²) in [5.74, 6) is -1.69. The maximum Gasteiger partial charge on any atom is 0.244 e. The molecule has 2 bridgehead atoms. The van der Waals surface area contributed by atoms with E-state index in [0.29, 0.717) is 13.0 Å². The molecule has 174 valence electrons. The summed E-state index contributed by atoms with van der Waals surface area (Å²) in [5, 5.41) is 15.7. The number of carbonyl (C=O) groups excluding carboxylic acids is 3. The molecule has 0 saturated carbocycles. The Kier molecular flexibility index (Phi) is 6.62. The van der Waals surface area contributed by atoms with Gasteiger partial charge < -0.3 is 20.6 Å². The van der Waals surface area contributed by atoms with Crippen molar-refractivity contribution in [2.24, 2.45) is 11.8 Å². The Bertz CT molecular complexity index is 900. The number of likely N-dealkylation sites (tertiary alicyclic amines) is 1. The summed E-state index contributed by atoms with van der Waals surface area (Å²) in [5.41, 5.74) is 0.990. The number of nitrogens with zero attached hydrogens (tertiary/aromatic N) is 1. The topological polar surface area (TPSA) is 98.7 Å². The molecule has 3 aliphatic rings. The molecule has 0 aromatic heterocycles. The van der Waals surface area contributed by atoms with Crippen molar-refractivity contribution in [1.29, 1.82) is 0 Å². The van der Waals surface area contributed by atoms with Crippen molar-refractivity contribution in [2.75, 3.05) is 6.61 Å². The van der Waals surface area contributed by atoms with Crippen molar-refractivity contribution in [3.05, 3.63) is 35.9 Å². The number of alkyl halides is 1. The molecule has 0 radical (unpaired) electrons. The summed E-state index contributed by atoms with van der Waals surface area (Å²) in [6.45, 7) is 5.67. The van der Waals surface area contributed by atoms with E-state index in [1.165, 1.54) is 4.90 Å². The second-order valence-corrected chi connectivity index (χ2v) is 12.0. The van der Waals surface area contributed by atoms with Crippen LogP contribution in [-0.2, 0) is 20.9 Å². The largest absolute Gasteiger partial charge is 0.394 e. The highest BCUT2D eigenvalue weighted by molar-refractivity contribution is 9.09. The molecule has 9 heteroatoms. The zero-order valence-electron chi connectivity index (χ0n) is 18.5. The molecular weight excluding hydrogens is 494 g/mol. The molecule has 0 aliphatic carbocycles. The lowest BCUT2D eigenvalue weighted by Gasteiger charge is -2.37. The number of hydrogen-bond acceptors (Lipinski definition) is 5. The van der Waals surface area contributed by atoms with Crippen LogP contribution in [0.4, 0.5) is 0 Å². The highest BCUT2D eigenvalue weighted by Gasteiger charge is 2.75. The number of hydrogen-bond donors (Lipinski definition) is 3. The van der Waals surface area contributed by atoms with E-state index >= 15 is 0 Å². The minimum absolute atomic E-state index is 0.0303. The fourth-order valence-corrected chi connectivity index (χ4v) is 9.10.